The Morgan fingerprint density at radius 3 is 2.38 bits per heavy atom. The van der Waals surface area contributed by atoms with E-state index in [1.807, 2.05) is 30.3 Å². The number of nitrogens with one attached hydrogen (secondary N) is 2. The average molecular weight is 515 g/mol. The van der Waals surface area contributed by atoms with Gasteiger partial charge in [-0.1, -0.05) is 55.6 Å². The van der Waals surface area contributed by atoms with Gasteiger partial charge in [-0.05, 0) is 54.7 Å². The molecule has 26 heavy (non-hydrogen) atoms. The van der Waals surface area contributed by atoms with E-state index >= 15 is 0 Å². The van der Waals surface area contributed by atoms with Crippen LogP contribution in [0, 0.1) is 0 Å². The molecule has 0 atom stereocenters. The van der Waals surface area contributed by atoms with Crippen LogP contribution in [0.15, 0.2) is 68.0 Å². The Hall–Kier alpha value is -1.67. The van der Waals surface area contributed by atoms with Crippen molar-refractivity contribution in [2.24, 2.45) is 0 Å². The van der Waals surface area contributed by atoms with E-state index in [2.05, 4.69) is 42.5 Å². The summed E-state index contributed by atoms with van der Waals surface area (Å²) >= 11 is 18.0. The van der Waals surface area contributed by atoms with Gasteiger partial charge in [0.05, 0.1) is 10.7 Å². The molecular formula is C18H11Br2ClN2O2S. The molecule has 0 radical (unpaired) electrons. The summed E-state index contributed by atoms with van der Waals surface area (Å²) in [6, 6.07) is 16.2. The van der Waals surface area contributed by atoms with Gasteiger partial charge in [-0.3, -0.25) is 10.1 Å². The molecule has 1 amide bonds. The van der Waals surface area contributed by atoms with Gasteiger partial charge in [0.2, 0.25) is 0 Å². The second-order valence-electron chi connectivity index (χ2n) is 5.20. The molecule has 3 aromatic rings. The number of rotatable bonds is 3. The third kappa shape index (κ3) is 4.73. The van der Waals surface area contributed by atoms with E-state index < -0.39 is 5.91 Å². The van der Waals surface area contributed by atoms with Crippen LogP contribution in [-0.4, -0.2) is 11.0 Å². The first-order valence-electron chi connectivity index (χ1n) is 7.35. The molecule has 132 valence electrons. The normalized spacial score (nSPS) is 10.4. The van der Waals surface area contributed by atoms with E-state index in [-0.39, 0.29) is 10.9 Å². The van der Waals surface area contributed by atoms with Gasteiger partial charge in [0, 0.05) is 14.5 Å². The molecule has 2 aromatic carbocycles. The molecule has 0 unspecified atom stereocenters. The lowest BCUT2D eigenvalue weighted by atomic mass is 10.2. The topological polar surface area (TPSA) is 54.3 Å². The summed E-state index contributed by atoms with van der Waals surface area (Å²) in [6.07, 6.45) is 0. The lowest BCUT2D eigenvalue weighted by molar-refractivity contribution is 0.0951. The third-order valence-electron chi connectivity index (χ3n) is 3.36. The van der Waals surface area contributed by atoms with Crippen molar-refractivity contribution in [1.29, 1.82) is 0 Å². The van der Waals surface area contributed by atoms with Gasteiger partial charge in [-0.15, -0.1) is 0 Å². The number of halogens is 3. The molecule has 0 saturated carbocycles. The summed E-state index contributed by atoms with van der Waals surface area (Å²) < 4.78 is 7.43. The molecule has 0 aliphatic carbocycles. The second kappa shape index (κ2) is 8.35. The van der Waals surface area contributed by atoms with Gasteiger partial charge in [-0.25, -0.2) is 0 Å². The van der Waals surface area contributed by atoms with Gasteiger partial charge < -0.3 is 9.73 Å². The van der Waals surface area contributed by atoms with Crippen LogP contribution in [0.3, 0.4) is 0 Å². The van der Waals surface area contributed by atoms with Crippen molar-refractivity contribution in [2.45, 2.75) is 0 Å². The van der Waals surface area contributed by atoms with Gasteiger partial charge in [0.15, 0.2) is 10.9 Å². The first-order valence-corrected chi connectivity index (χ1v) is 9.73. The summed E-state index contributed by atoms with van der Waals surface area (Å²) in [5, 5.41) is 6.06. The zero-order valence-electron chi connectivity index (χ0n) is 13.1. The smallest absolute Gasteiger partial charge is 0.293 e. The molecule has 1 aromatic heterocycles. The maximum atomic E-state index is 12.3. The molecule has 4 nitrogen and oxygen atoms in total. The molecule has 0 aliphatic rings. The highest BCUT2D eigenvalue weighted by molar-refractivity contribution is 9.10. The lowest BCUT2D eigenvalue weighted by Crippen LogP contribution is -2.33. The highest BCUT2D eigenvalue weighted by Gasteiger charge is 2.14. The van der Waals surface area contributed by atoms with Crippen LogP contribution >= 0.6 is 55.7 Å². The molecule has 2 N–H and O–H groups in total. The summed E-state index contributed by atoms with van der Waals surface area (Å²) in [5.41, 5.74) is 1.46. The van der Waals surface area contributed by atoms with E-state index in [1.54, 1.807) is 24.3 Å². The van der Waals surface area contributed by atoms with Crippen LogP contribution in [-0.2, 0) is 0 Å². The summed E-state index contributed by atoms with van der Waals surface area (Å²) in [6.45, 7) is 0. The zero-order valence-corrected chi connectivity index (χ0v) is 17.8. The van der Waals surface area contributed by atoms with Crippen LogP contribution in [0.5, 0.6) is 0 Å². The fraction of sp³-hybridized carbons (Fsp3) is 0. The van der Waals surface area contributed by atoms with Crippen molar-refractivity contribution in [1.82, 2.24) is 5.32 Å². The minimum atomic E-state index is -0.445. The molecule has 1 heterocycles. The van der Waals surface area contributed by atoms with Crippen molar-refractivity contribution in [3.63, 3.8) is 0 Å². The van der Waals surface area contributed by atoms with E-state index in [0.29, 0.717) is 16.5 Å². The standard InChI is InChI=1S/C18H11Br2ClN2O2S/c19-11-3-1-10(2-4-11)15-7-8-16(25-15)17(24)23-18(26)22-14-6-5-12(20)9-13(14)21/h1-9H,(H2,22,23,24,26). The Labute approximate surface area is 177 Å². The second-order valence-corrected chi connectivity index (χ2v) is 7.85. The molecule has 0 aliphatic heterocycles. The first-order chi connectivity index (χ1) is 12.4. The highest BCUT2D eigenvalue weighted by Crippen LogP contribution is 2.26. The fourth-order valence-corrected chi connectivity index (χ4v) is 3.33. The zero-order chi connectivity index (χ0) is 18.7. The Morgan fingerprint density at radius 1 is 1.00 bits per heavy atom. The Kier molecular flexibility index (Phi) is 6.13. The number of benzene rings is 2. The predicted molar refractivity (Wildman–Crippen MR) is 115 cm³/mol. The number of hydrogen-bond donors (Lipinski definition) is 2. The van der Waals surface area contributed by atoms with Crippen molar-refractivity contribution in [3.05, 3.63) is 74.3 Å². The number of amides is 1. The number of carbonyl (C=O) groups is 1. The maximum Gasteiger partial charge on any atom is 0.293 e. The number of thiocarbonyl (C=S) groups is 1. The van der Waals surface area contributed by atoms with E-state index in [1.165, 1.54) is 0 Å². The van der Waals surface area contributed by atoms with Gasteiger partial charge >= 0.3 is 0 Å². The van der Waals surface area contributed by atoms with Crippen molar-refractivity contribution in [2.75, 3.05) is 5.32 Å². The van der Waals surface area contributed by atoms with Crippen LogP contribution in [0.4, 0.5) is 5.69 Å². The average Bonchev–Trinajstić information content (AvgIpc) is 3.08. The third-order valence-corrected chi connectivity index (χ3v) is 4.90. The number of furan rings is 1. The van der Waals surface area contributed by atoms with Crippen molar-refractivity contribution in [3.8, 4) is 11.3 Å². The summed E-state index contributed by atoms with van der Waals surface area (Å²) in [5.74, 6) is 0.311. The first kappa shape index (κ1) is 19.1. The minimum Gasteiger partial charge on any atom is -0.451 e. The maximum absolute atomic E-state index is 12.3. The van der Waals surface area contributed by atoms with Crippen molar-refractivity contribution >= 4 is 72.4 Å². The Morgan fingerprint density at radius 2 is 1.69 bits per heavy atom. The SMILES string of the molecule is O=C(NC(=S)Nc1ccc(Br)cc1Cl)c1ccc(-c2ccc(Br)cc2)o1. The monoisotopic (exact) mass is 512 g/mol. The van der Waals surface area contributed by atoms with Gasteiger partial charge in [-0.2, -0.15) is 0 Å². The highest BCUT2D eigenvalue weighted by atomic mass is 79.9. The van der Waals surface area contributed by atoms with E-state index in [9.17, 15) is 4.79 Å². The molecule has 8 heteroatoms. The van der Waals surface area contributed by atoms with Crippen LogP contribution in [0.25, 0.3) is 11.3 Å². The lowest BCUT2D eigenvalue weighted by Gasteiger charge is -2.10. The number of carbonyl (C=O) groups excluding carboxylic acids is 1. The quantitative estimate of drug-likeness (QED) is 0.406. The van der Waals surface area contributed by atoms with Crippen LogP contribution < -0.4 is 10.6 Å². The molecule has 0 saturated heterocycles. The predicted octanol–water partition coefficient (Wildman–Crippen LogP) is 6.25. The van der Waals surface area contributed by atoms with Crippen LogP contribution in [0.1, 0.15) is 10.6 Å². The minimum absolute atomic E-state index is 0.126. The molecule has 0 bridgehead atoms. The summed E-state index contributed by atoms with van der Waals surface area (Å²) in [4.78, 5) is 12.3. The largest absolute Gasteiger partial charge is 0.451 e. The van der Waals surface area contributed by atoms with E-state index in [4.69, 9.17) is 28.2 Å². The molecule has 0 fully saturated rings. The molecule has 0 spiro atoms. The Balaban J connectivity index is 1.66. The van der Waals surface area contributed by atoms with Gasteiger partial charge in [0.25, 0.3) is 5.91 Å². The molecule has 3 rings (SSSR count). The summed E-state index contributed by atoms with van der Waals surface area (Å²) in [7, 11) is 0. The van der Waals surface area contributed by atoms with E-state index in [0.717, 1.165) is 14.5 Å². The Bertz CT molecular complexity index is 974. The van der Waals surface area contributed by atoms with Gasteiger partial charge in [0.1, 0.15) is 5.76 Å². The van der Waals surface area contributed by atoms with Crippen LogP contribution in [0.2, 0.25) is 5.02 Å². The fourth-order valence-electron chi connectivity index (χ4n) is 2.14. The molecular weight excluding hydrogens is 504 g/mol. The van der Waals surface area contributed by atoms with Crippen molar-refractivity contribution < 1.29 is 9.21 Å². The number of hydrogen-bond acceptors (Lipinski definition) is 3. The number of anilines is 1.